The molecule has 0 aromatic carbocycles. The van der Waals surface area contributed by atoms with E-state index in [4.69, 9.17) is 0 Å². The van der Waals surface area contributed by atoms with Crippen molar-refractivity contribution in [2.45, 2.75) is 12.8 Å². The molecule has 0 bridgehead atoms. The first-order valence-corrected chi connectivity index (χ1v) is 10.4. The SMILES string of the molecule is CN(C)c1cc(N2CCN(CC3CCS(=O)(=O)CC3)CC2)ncn1. The average Bonchev–Trinajstić information content (AvgIpc) is 2.57. The third-order valence-electron chi connectivity index (χ3n) is 4.98. The van der Waals surface area contributed by atoms with E-state index in [1.165, 1.54) is 0 Å². The number of rotatable bonds is 4. The lowest BCUT2D eigenvalue weighted by Crippen LogP contribution is -2.48. The minimum Gasteiger partial charge on any atom is -0.363 e. The summed E-state index contributed by atoms with van der Waals surface area (Å²) in [5, 5.41) is 0. The Labute approximate surface area is 144 Å². The predicted molar refractivity (Wildman–Crippen MR) is 96.4 cm³/mol. The summed E-state index contributed by atoms with van der Waals surface area (Å²) in [7, 11) is 1.20. The van der Waals surface area contributed by atoms with Gasteiger partial charge in [0.25, 0.3) is 0 Å². The fourth-order valence-electron chi connectivity index (χ4n) is 3.40. The van der Waals surface area contributed by atoms with Crippen molar-refractivity contribution in [1.82, 2.24) is 14.9 Å². The van der Waals surface area contributed by atoms with Crippen LogP contribution in [-0.2, 0) is 9.84 Å². The molecule has 3 rings (SSSR count). The summed E-state index contributed by atoms with van der Waals surface area (Å²) >= 11 is 0. The number of hydrogen-bond acceptors (Lipinski definition) is 7. The summed E-state index contributed by atoms with van der Waals surface area (Å²) in [4.78, 5) is 15.4. The van der Waals surface area contributed by atoms with E-state index >= 15 is 0 Å². The lowest BCUT2D eigenvalue weighted by molar-refractivity contribution is 0.211. The van der Waals surface area contributed by atoms with E-state index in [-0.39, 0.29) is 0 Å². The molecule has 1 aromatic rings. The van der Waals surface area contributed by atoms with Gasteiger partial charge in [-0.25, -0.2) is 18.4 Å². The molecule has 1 aromatic heterocycles. The van der Waals surface area contributed by atoms with Crippen LogP contribution < -0.4 is 9.80 Å². The van der Waals surface area contributed by atoms with Gasteiger partial charge in [-0.3, -0.25) is 4.90 Å². The van der Waals surface area contributed by atoms with Gasteiger partial charge in [0, 0.05) is 52.9 Å². The van der Waals surface area contributed by atoms with Crippen LogP contribution in [0, 0.1) is 5.92 Å². The van der Waals surface area contributed by atoms with Crippen molar-refractivity contribution in [1.29, 1.82) is 0 Å². The highest BCUT2D eigenvalue weighted by Crippen LogP contribution is 2.22. The molecule has 0 unspecified atom stereocenters. The Kier molecular flexibility index (Phi) is 5.24. The monoisotopic (exact) mass is 353 g/mol. The molecule has 0 N–H and O–H groups in total. The molecular weight excluding hydrogens is 326 g/mol. The molecule has 2 fully saturated rings. The highest BCUT2D eigenvalue weighted by Gasteiger charge is 2.26. The van der Waals surface area contributed by atoms with Gasteiger partial charge in [0.1, 0.15) is 27.8 Å². The Morgan fingerprint density at radius 2 is 1.79 bits per heavy atom. The van der Waals surface area contributed by atoms with E-state index in [9.17, 15) is 8.42 Å². The van der Waals surface area contributed by atoms with Gasteiger partial charge in [-0.2, -0.15) is 0 Å². The van der Waals surface area contributed by atoms with Gasteiger partial charge in [0.2, 0.25) is 0 Å². The Bertz CT molecular complexity index is 642. The molecule has 0 radical (unpaired) electrons. The Morgan fingerprint density at radius 1 is 1.12 bits per heavy atom. The van der Waals surface area contributed by atoms with Crippen LogP contribution in [0.3, 0.4) is 0 Å². The molecule has 0 amide bonds. The summed E-state index contributed by atoms with van der Waals surface area (Å²) in [6.07, 6.45) is 3.26. The molecule has 24 heavy (non-hydrogen) atoms. The van der Waals surface area contributed by atoms with Crippen LogP contribution in [0.15, 0.2) is 12.4 Å². The molecule has 0 atom stereocenters. The van der Waals surface area contributed by atoms with Gasteiger partial charge in [-0.15, -0.1) is 0 Å². The molecule has 134 valence electrons. The van der Waals surface area contributed by atoms with E-state index in [0.29, 0.717) is 17.4 Å². The first kappa shape index (κ1) is 17.4. The van der Waals surface area contributed by atoms with Crippen LogP contribution >= 0.6 is 0 Å². The van der Waals surface area contributed by atoms with Crippen LogP contribution in [-0.4, -0.2) is 81.6 Å². The van der Waals surface area contributed by atoms with Gasteiger partial charge >= 0.3 is 0 Å². The standard InChI is InChI=1S/C16H27N5O2S/c1-19(2)15-11-16(18-13-17-15)21-7-5-20(6-8-21)12-14-3-9-24(22,23)10-4-14/h11,13-14H,3-10,12H2,1-2H3. The summed E-state index contributed by atoms with van der Waals surface area (Å²) in [5.41, 5.74) is 0. The lowest BCUT2D eigenvalue weighted by atomic mass is 10.0. The number of nitrogens with zero attached hydrogens (tertiary/aromatic N) is 5. The average molecular weight is 353 g/mol. The van der Waals surface area contributed by atoms with E-state index < -0.39 is 9.84 Å². The molecule has 2 saturated heterocycles. The summed E-state index contributed by atoms with van der Waals surface area (Å²) in [6, 6.07) is 2.03. The number of aromatic nitrogens is 2. The van der Waals surface area contributed by atoms with Crippen LogP contribution in [0.5, 0.6) is 0 Å². The minimum absolute atomic E-state index is 0.367. The maximum absolute atomic E-state index is 11.5. The van der Waals surface area contributed by atoms with Gasteiger partial charge in [0.15, 0.2) is 0 Å². The van der Waals surface area contributed by atoms with Crippen molar-refractivity contribution in [3.05, 3.63) is 12.4 Å². The van der Waals surface area contributed by atoms with E-state index in [0.717, 1.165) is 57.2 Å². The van der Waals surface area contributed by atoms with Gasteiger partial charge in [-0.1, -0.05) is 0 Å². The Morgan fingerprint density at radius 3 is 2.42 bits per heavy atom. The smallest absolute Gasteiger partial charge is 0.150 e. The molecule has 3 heterocycles. The third kappa shape index (κ3) is 4.36. The highest BCUT2D eigenvalue weighted by atomic mass is 32.2. The van der Waals surface area contributed by atoms with Crippen LogP contribution in [0.25, 0.3) is 0 Å². The summed E-state index contributed by atoms with van der Waals surface area (Å²) in [6.45, 7) is 4.94. The second kappa shape index (κ2) is 7.23. The normalized spacial score (nSPS) is 22.5. The fraction of sp³-hybridized carbons (Fsp3) is 0.750. The highest BCUT2D eigenvalue weighted by molar-refractivity contribution is 7.91. The van der Waals surface area contributed by atoms with E-state index in [1.807, 2.05) is 25.1 Å². The zero-order valence-electron chi connectivity index (χ0n) is 14.6. The van der Waals surface area contributed by atoms with E-state index in [1.54, 1.807) is 6.33 Å². The van der Waals surface area contributed by atoms with Crippen molar-refractivity contribution in [2.75, 3.05) is 68.1 Å². The van der Waals surface area contributed by atoms with Crippen molar-refractivity contribution >= 4 is 21.5 Å². The van der Waals surface area contributed by atoms with Gasteiger partial charge in [-0.05, 0) is 18.8 Å². The molecule has 0 spiro atoms. The van der Waals surface area contributed by atoms with Crippen molar-refractivity contribution in [3.8, 4) is 0 Å². The number of anilines is 2. The van der Waals surface area contributed by atoms with Crippen molar-refractivity contribution in [3.63, 3.8) is 0 Å². The largest absolute Gasteiger partial charge is 0.363 e. The van der Waals surface area contributed by atoms with Gasteiger partial charge in [0.05, 0.1) is 11.5 Å². The number of hydrogen-bond donors (Lipinski definition) is 0. The first-order valence-electron chi connectivity index (χ1n) is 8.60. The minimum atomic E-state index is -2.76. The Balaban J connectivity index is 1.50. The van der Waals surface area contributed by atoms with Crippen LogP contribution in [0.2, 0.25) is 0 Å². The zero-order chi connectivity index (χ0) is 17.2. The zero-order valence-corrected chi connectivity index (χ0v) is 15.4. The second-order valence-corrected chi connectivity index (χ2v) is 9.32. The molecule has 2 aliphatic heterocycles. The Hall–Kier alpha value is -1.41. The van der Waals surface area contributed by atoms with Gasteiger partial charge < -0.3 is 9.80 Å². The van der Waals surface area contributed by atoms with E-state index in [2.05, 4.69) is 19.8 Å². The second-order valence-electron chi connectivity index (χ2n) is 7.01. The number of piperazine rings is 1. The van der Waals surface area contributed by atoms with Crippen LogP contribution in [0.1, 0.15) is 12.8 Å². The lowest BCUT2D eigenvalue weighted by Gasteiger charge is -2.37. The summed E-state index contributed by atoms with van der Waals surface area (Å²) in [5.74, 6) is 3.17. The predicted octanol–water partition coefficient (Wildman–Crippen LogP) is 0.489. The maximum atomic E-state index is 11.5. The quantitative estimate of drug-likeness (QED) is 0.780. The van der Waals surface area contributed by atoms with Crippen LogP contribution in [0.4, 0.5) is 11.6 Å². The molecular formula is C16H27N5O2S. The van der Waals surface area contributed by atoms with Crippen molar-refractivity contribution < 1.29 is 8.42 Å². The van der Waals surface area contributed by atoms with Crippen molar-refractivity contribution in [2.24, 2.45) is 5.92 Å². The molecule has 0 aliphatic carbocycles. The topological polar surface area (TPSA) is 69.6 Å². The maximum Gasteiger partial charge on any atom is 0.150 e. The summed E-state index contributed by atoms with van der Waals surface area (Å²) < 4.78 is 23.1. The molecule has 0 saturated carbocycles. The molecule has 8 heteroatoms. The molecule has 7 nitrogen and oxygen atoms in total. The molecule has 2 aliphatic rings. The number of sulfone groups is 1. The third-order valence-corrected chi connectivity index (χ3v) is 6.70. The first-order chi connectivity index (χ1) is 11.4. The fourth-order valence-corrected chi connectivity index (χ4v) is 4.99.